The first-order chi connectivity index (χ1) is 12.2. The molecule has 1 aliphatic carbocycles. The number of urea groups is 1. The van der Waals surface area contributed by atoms with Crippen molar-refractivity contribution in [2.45, 2.75) is 32.6 Å². The van der Waals surface area contributed by atoms with Crippen LogP contribution in [0.5, 0.6) is 0 Å². The maximum atomic E-state index is 12.6. The van der Waals surface area contributed by atoms with Gasteiger partial charge in [0.15, 0.2) is 0 Å². The minimum absolute atomic E-state index is 0.213. The molecule has 0 aliphatic heterocycles. The molecule has 126 valence electrons. The van der Waals surface area contributed by atoms with E-state index >= 15 is 0 Å². The smallest absolute Gasteiger partial charge is 0.307 e. The molecule has 4 nitrogen and oxygen atoms in total. The summed E-state index contributed by atoms with van der Waals surface area (Å²) in [6, 6.07) is 15.7. The van der Waals surface area contributed by atoms with Gasteiger partial charge in [0.05, 0.1) is 11.2 Å². The first-order valence-corrected chi connectivity index (χ1v) is 8.76. The van der Waals surface area contributed by atoms with Gasteiger partial charge in [-0.25, -0.2) is 4.79 Å². The molecule has 0 fully saturated rings. The number of carbonyl (C=O) groups is 1. The maximum absolute atomic E-state index is 12.6. The van der Waals surface area contributed by atoms with Crippen LogP contribution in [0.1, 0.15) is 29.7 Å². The second-order valence-corrected chi connectivity index (χ2v) is 6.56. The fraction of sp³-hybridized carbons (Fsp3) is 0.238. The number of fused-ring (bicyclic) bond motifs is 2. The van der Waals surface area contributed by atoms with E-state index in [1.54, 1.807) is 0 Å². The van der Waals surface area contributed by atoms with E-state index in [1.165, 1.54) is 24.0 Å². The van der Waals surface area contributed by atoms with Gasteiger partial charge in [-0.2, -0.15) is 0 Å². The number of rotatable bonds is 2. The van der Waals surface area contributed by atoms with Crippen molar-refractivity contribution in [1.29, 1.82) is 0 Å². The van der Waals surface area contributed by atoms with E-state index in [2.05, 4.69) is 21.7 Å². The van der Waals surface area contributed by atoms with E-state index in [1.807, 2.05) is 49.4 Å². The zero-order valence-corrected chi connectivity index (χ0v) is 14.3. The van der Waals surface area contributed by atoms with Crippen LogP contribution in [-0.4, -0.2) is 11.0 Å². The molecular formula is C21H21N3O. The van der Waals surface area contributed by atoms with Gasteiger partial charge in [0, 0.05) is 16.8 Å². The molecule has 0 saturated carbocycles. The monoisotopic (exact) mass is 331 g/mol. The number of hydrogen-bond donors (Lipinski definition) is 2. The second kappa shape index (κ2) is 6.55. The van der Waals surface area contributed by atoms with Crippen molar-refractivity contribution in [2.24, 2.45) is 0 Å². The Hall–Kier alpha value is -2.88. The quantitative estimate of drug-likeness (QED) is 0.689. The first kappa shape index (κ1) is 15.6. The van der Waals surface area contributed by atoms with Crippen LogP contribution in [0, 0.1) is 6.92 Å². The largest absolute Gasteiger partial charge is 0.323 e. The standard InChI is InChI=1S/C21H21N3O/c1-14-13-20(17-10-4-5-11-19(17)22-14)24-21(25)23-18-12-6-8-15-7-2-3-9-16(15)18/h4-6,8,10-13H,2-3,7,9H2,1H3,(H2,22,23,24,25). The molecule has 2 aromatic carbocycles. The Balaban J connectivity index is 1.60. The van der Waals surface area contributed by atoms with Gasteiger partial charge in [0.2, 0.25) is 0 Å². The maximum Gasteiger partial charge on any atom is 0.323 e. The van der Waals surface area contributed by atoms with Gasteiger partial charge in [-0.3, -0.25) is 4.98 Å². The molecule has 0 saturated heterocycles. The number of pyridine rings is 1. The Kier molecular flexibility index (Phi) is 4.10. The van der Waals surface area contributed by atoms with E-state index in [-0.39, 0.29) is 6.03 Å². The molecular weight excluding hydrogens is 310 g/mol. The average molecular weight is 331 g/mol. The van der Waals surface area contributed by atoms with E-state index in [0.717, 1.165) is 40.8 Å². The van der Waals surface area contributed by atoms with Crippen LogP contribution in [-0.2, 0) is 12.8 Å². The molecule has 4 heteroatoms. The molecule has 4 rings (SSSR count). The third-order valence-corrected chi connectivity index (χ3v) is 4.74. The van der Waals surface area contributed by atoms with Gasteiger partial charge >= 0.3 is 6.03 Å². The number of amides is 2. The predicted molar refractivity (Wildman–Crippen MR) is 102 cm³/mol. The van der Waals surface area contributed by atoms with E-state index < -0.39 is 0 Å². The summed E-state index contributed by atoms with van der Waals surface area (Å²) >= 11 is 0. The lowest BCUT2D eigenvalue weighted by Gasteiger charge is -2.20. The van der Waals surface area contributed by atoms with Crippen LogP contribution < -0.4 is 10.6 Å². The van der Waals surface area contributed by atoms with Crippen LogP contribution >= 0.6 is 0 Å². The number of anilines is 2. The molecule has 0 bridgehead atoms. The van der Waals surface area contributed by atoms with Gasteiger partial charge in [-0.15, -0.1) is 0 Å². The Morgan fingerprint density at radius 1 is 0.960 bits per heavy atom. The van der Waals surface area contributed by atoms with Crippen LogP contribution in [0.25, 0.3) is 10.9 Å². The Labute approximate surface area is 147 Å². The minimum atomic E-state index is -0.213. The first-order valence-electron chi connectivity index (χ1n) is 8.76. The predicted octanol–water partition coefficient (Wildman–Crippen LogP) is 5.07. The minimum Gasteiger partial charge on any atom is -0.307 e. The Morgan fingerprint density at radius 3 is 2.68 bits per heavy atom. The molecule has 1 aliphatic rings. The van der Waals surface area contributed by atoms with Crippen LogP contribution in [0.2, 0.25) is 0 Å². The lowest BCUT2D eigenvalue weighted by molar-refractivity contribution is 0.262. The number of carbonyl (C=O) groups excluding carboxylic acids is 1. The van der Waals surface area contributed by atoms with E-state index in [9.17, 15) is 4.79 Å². The fourth-order valence-corrected chi connectivity index (χ4v) is 3.59. The third kappa shape index (κ3) is 3.20. The van der Waals surface area contributed by atoms with E-state index in [4.69, 9.17) is 0 Å². The highest BCUT2D eigenvalue weighted by Crippen LogP contribution is 2.28. The molecule has 0 unspecified atom stereocenters. The van der Waals surface area contributed by atoms with Gasteiger partial charge < -0.3 is 10.6 Å². The SMILES string of the molecule is Cc1cc(NC(=O)Nc2cccc3c2CCCC3)c2ccccc2n1. The third-order valence-electron chi connectivity index (χ3n) is 4.74. The molecule has 2 N–H and O–H groups in total. The summed E-state index contributed by atoms with van der Waals surface area (Å²) in [6.45, 7) is 1.93. The molecule has 1 heterocycles. The number of aromatic nitrogens is 1. The molecule has 0 atom stereocenters. The lowest BCUT2D eigenvalue weighted by Crippen LogP contribution is -2.21. The topological polar surface area (TPSA) is 54.0 Å². The van der Waals surface area contributed by atoms with Crippen molar-refractivity contribution in [2.75, 3.05) is 10.6 Å². The molecule has 0 spiro atoms. The second-order valence-electron chi connectivity index (χ2n) is 6.56. The van der Waals surface area contributed by atoms with Crippen molar-refractivity contribution >= 4 is 28.3 Å². The lowest BCUT2D eigenvalue weighted by atomic mass is 9.90. The van der Waals surface area contributed by atoms with Crippen LogP contribution in [0.15, 0.2) is 48.5 Å². The molecule has 25 heavy (non-hydrogen) atoms. The number of nitrogens with zero attached hydrogens (tertiary/aromatic N) is 1. The van der Waals surface area contributed by atoms with Gasteiger partial charge in [-0.1, -0.05) is 30.3 Å². The average Bonchev–Trinajstić information content (AvgIpc) is 2.62. The number of benzene rings is 2. The summed E-state index contributed by atoms with van der Waals surface area (Å²) in [5.74, 6) is 0. The number of nitrogens with one attached hydrogen (secondary N) is 2. The molecule has 3 aromatic rings. The Bertz CT molecular complexity index is 949. The summed E-state index contributed by atoms with van der Waals surface area (Å²) in [5.41, 5.74) is 6.10. The zero-order chi connectivity index (χ0) is 17.2. The highest BCUT2D eigenvalue weighted by molar-refractivity contribution is 6.05. The Morgan fingerprint density at radius 2 is 1.76 bits per heavy atom. The van der Waals surface area contributed by atoms with Crippen molar-refractivity contribution in [3.8, 4) is 0 Å². The highest BCUT2D eigenvalue weighted by Gasteiger charge is 2.15. The van der Waals surface area contributed by atoms with Gasteiger partial charge in [0.25, 0.3) is 0 Å². The zero-order valence-electron chi connectivity index (χ0n) is 14.3. The molecule has 0 radical (unpaired) electrons. The molecule has 2 amide bonds. The van der Waals surface area contributed by atoms with Gasteiger partial charge in [-0.05, 0) is 61.9 Å². The van der Waals surface area contributed by atoms with Crippen molar-refractivity contribution in [3.05, 3.63) is 65.4 Å². The molecule has 1 aromatic heterocycles. The number of aryl methyl sites for hydroxylation is 2. The normalized spacial score (nSPS) is 13.3. The summed E-state index contributed by atoms with van der Waals surface area (Å²) in [6.07, 6.45) is 4.54. The summed E-state index contributed by atoms with van der Waals surface area (Å²) in [5, 5.41) is 6.97. The summed E-state index contributed by atoms with van der Waals surface area (Å²) < 4.78 is 0. The van der Waals surface area contributed by atoms with Crippen LogP contribution in [0.4, 0.5) is 16.2 Å². The van der Waals surface area contributed by atoms with Gasteiger partial charge in [0.1, 0.15) is 0 Å². The summed E-state index contributed by atoms with van der Waals surface area (Å²) in [7, 11) is 0. The van der Waals surface area contributed by atoms with Crippen molar-refractivity contribution in [1.82, 2.24) is 4.98 Å². The van der Waals surface area contributed by atoms with Crippen molar-refractivity contribution in [3.63, 3.8) is 0 Å². The highest BCUT2D eigenvalue weighted by atomic mass is 16.2. The van der Waals surface area contributed by atoms with E-state index in [0.29, 0.717) is 0 Å². The summed E-state index contributed by atoms with van der Waals surface area (Å²) in [4.78, 5) is 17.1. The fourth-order valence-electron chi connectivity index (χ4n) is 3.59. The number of para-hydroxylation sites is 1. The number of hydrogen-bond acceptors (Lipinski definition) is 2. The van der Waals surface area contributed by atoms with Crippen LogP contribution in [0.3, 0.4) is 0 Å². The van der Waals surface area contributed by atoms with Crippen molar-refractivity contribution < 1.29 is 4.79 Å².